The highest BCUT2D eigenvalue weighted by molar-refractivity contribution is 7.71. The Bertz CT molecular complexity index is 935. The average Bonchev–Trinajstić information content (AvgIpc) is 2.97. The van der Waals surface area contributed by atoms with E-state index in [0.717, 1.165) is 5.69 Å². The number of nitrogens with zero attached hydrogens (tertiary/aromatic N) is 1. The fourth-order valence-corrected chi connectivity index (χ4v) is 2.83. The maximum Gasteiger partial charge on any atom is 0.274 e. The number of anilines is 1. The third kappa shape index (κ3) is 3.20. The van der Waals surface area contributed by atoms with E-state index in [-0.39, 0.29) is 5.91 Å². The van der Waals surface area contributed by atoms with Crippen LogP contribution in [0.2, 0.25) is 5.02 Å². The maximum atomic E-state index is 12.6. The topological polar surface area (TPSA) is 59.0 Å². The van der Waals surface area contributed by atoms with E-state index >= 15 is 0 Å². The van der Waals surface area contributed by atoms with Crippen molar-refractivity contribution < 1.29 is 9.53 Å². The molecule has 0 atom stereocenters. The van der Waals surface area contributed by atoms with Crippen LogP contribution in [0.3, 0.4) is 0 Å². The van der Waals surface area contributed by atoms with Crippen molar-refractivity contribution in [3.63, 3.8) is 0 Å². The molecule has 0 bridgehead atoms. The first-order chi connectivity index (χ1) is 11.6. The van der Waals surface area contributed by atoms with Crippen LogP contribution in [-0.4, -0.2) is 22.6 Å². The molecule has 1 amide bonds. The van der Waals surface area contributed by atoms with E-state index in [9.17, 15) is 4.79 Å². The second kappa shape index (κ2) is 6.90. The van der Waals surface area contributed by atoms with Crippen LogP contribution in [0.15, 0.2) is 54.7 Å². The van der Waals surface area contributed by atoms with Gasteiger partial charge in [-0.3, -0.25) is 9.36 Å². The van der Waals surface area contributed by atoms with E-state index in [4.69, 9.17) is 28.6 Å². The van der Waals surface area contributed by atoms with Gasteiger partial charge in [-0.1, -0.05) is 29.8 Å². The van der Waals surface area contributed by atoms with Gasteiger partial charge in [-0.25, -0.2) is 0 Å². The fraction of sp³-hybridized carbons (Fsp3) is 0.0588. The van der Waals surface area contributed by atoms with Crippen LogP contribution >= 0.6 is 23.8 Å². The van der Waals surface area contributed by atoms with E-state index in [1.54, 1.807) is 29.0 Å². The van der Waals surface area contributed by atoms with E-state index < -0.39 is 0 Å². The van der Waals surface area contributed by atoms with Crippen molar-refractivity contribution >= 4 is 35.4 Å². The summed E-state index contributed by atoms with van der Waals surface area (Å²) in [5, 5.41) is 3.23. The predicted molar refractivity (Wildman–Crippen MR) is 96.9 cm³/mol. The Hall–Kier alpha value is -2.57. The second-order valence-electron chi connectivity index (χ2n) is 4.95. The molecule has 0 fully saturated rings. The molecule has 122 valence electrons. The Labute approximate surface area is 148 Å². The van der Waals surface area contributed by atoms with Crippen molar-refractivity contribution in [1.29, 1.82) is 0 Å². The summed E-state index contributed by atoms with van der Waals surface area (Å²) in [5.74, 6) is 0.246. The zero-order valence-corrected chi connectivity index (χ0v) is 14.3. The summed E-state index contributed by atoms with van der Waals surface area (Å²) < 4.78 is 7.22. The lowest BCUT2D eigenvalue weighted by Gasteiger charge is -2.10. The molecule has 0 saturated heterocycles. The molecule has 0 unspecified atom stereocenters. The molecule has 2 N–H and O–H groups in total. The van der Waals surface area contributed by atoms with Crippen LogP contribution in [0.4, 0.5) is 5.69 Å². The largest absolute Gasteiger partial charge is 0.495 e. The minimum atomic E-state index is -0.299. The highest BCUT2D eigenvalue weighted by atomic mass is 35.5. The molecular formula is C17H14ClN3O2S. The van der Waals surface area contributed by atoms with Gasteiger partial charge in [0.05, 0.1) is 12.1 Å². The number of benzene rings is 2. The number of carbonyl (C=O) groups excluding carboxylic acids is 1. The van der Waals surface area contributed by atoms with Crippen molar-refractivity contribution in [1.82, 2.24) is 9.55 Å². The summed E-state index contributed by atoms with van der Waals surface area (Å²) in [7, 11) is 1.53. The number of hydrogen-bond acceptors (Lipinski definition) is 3. The van der Waals surface area contributed by atoms with Crippen molar-refractivity contribution in [3.8, 4) is 11.4 Å². The highest BCUT2D eigenvalue weighted by Crippen LogP contribution is 2.27. The highest BCUT2D eigenvalue weighted by Gasteiger charge is 2.15. The Morgan fingerprint density at radius 2 is 2.00 bits per heavy atom. The standard InChI is InChI=1S/C17H14ClN3O2S/c1-23-15-8-7-11(9-13(15)18)20-16(22)14-10-19-17(24)21(14)12-5-3-2-4-6-12/h2-10H,1H3,(H,19,24)(H,20,22). The number of methoxy groups -OCH3 is 1. The van der Waals surface area contributed by atoms with Gasteiger partial charge in [0.1, 0.15) is 11.4 Å². The Kier molecular flexibility index (Phi) is 4.69. The molecule has 0 aliphatic heterocycles. The quantitative estimate of drug-likeness (QED) is 0.676. The van der Waals surface area contributed by atoms with E-state index in [0.29, 0.717) is 26.9 Å². The van der Waals surface area contributed by atoms with E-state index in [1.807, 2.05) is 30.3 Å². The van der Waals surface area contributed by atoms with Crippen LogP contribution in [0.5, 0.6) is 5.75 Å². The van der Waals surface area contributed by atoms with Crippen LogP contribution in [0, 0.1) is 4.77 Å². The number of aromatic nitrogens is 2. The number of ether oxygens (including phenoxy) is 1. The minimum Gasteiger partial charge on any atom is -0.495 e. The smallest absolute Gasteiger partial charge is 0.274 e. The molecular weight excluding hydrogens is 346 g/mol. The molecule has 3 aromatic rings. The van der Waals surface area contributed by atoms with E-state index in [1.165, 1.54) is 7.11 Å². The molecule has 1 heterocycles. The monoisotopic (exact) mass is 359 g/mol. The Morgan fingerprint density at radius 1 is 1.25 bits per heavy atom. The van der Waals surface area contributed by atoms with Crippen molar-refractivity contribution in [2.24, 2.45) is 0 Å². The van der Waals surface area contributed by atoms with Gasteiger partial charge in [-0.05, 0) is 42.5 Å². The first-order valence-corrected chi connectivity index (χ1v) is 7.89. The first kappa shape index (κ1) is 16.3. The number of aromatic amines is 1. The maximum absolute atomic E-state index is 12.6. The molecule has 24 heavy (non-hydrogen) atoms. The van der Waals surface area contributed by atoms with Gasteiger partial charge in [-0.2, -0.15) is 0 Å². The van der Waals surface area contributed by atoms with Crippen LogP contribution < -0.4 is 10.1 Å². The van der Waals surface area contributed by atoms with E-state index in [2.05, 4.69) is 10.3 Å². The summed E-state index contributed by atoms with van der Waals surface area (Å²) >= 11 is 11.4. The van der Waals surface area contributed by atoms with Gasteiger partial charge < -0.3 is 15.0 Å². The molecule has 1 aromatic heterocycles. The number of rotatable bonds is 4. The summed E-state index contributed by atoms with van der Waals surface area (Å²) in [5.41, 5.74) is 1.78. The third-order valence-corrected chi connectivity index (χ3v) is 4.03. The van der Waals surface area contributed by atoms with Gasteiger partial charge in [-0.15, -0.1) is 0 Å². The van der Waals surface area contributed by atoms with Gasteiger partial charge in [0.25, 0.3) is 5.91 Å². The van der Waals surface area contributed by atoms with Gasteiger partial charge in [0, 0.05) is 17.6 Å². The number of hydrogen-bond donors (Lipinski definition) is 2. The number of halogens is 1. The minimum absolute atomic E-state index is 0.299. The van der Waals surface area contributed by atoms with Gasteiger partial charge in [0.15, 0.2) is 4.77 Å². The number of imidazole rings is 1. The Morgan fingerprint density at radius 3 is 2.67 bits per heavy atom. The summed E-state index contributed by atoms with van der Waals surface area (Å²) in [6.07, 6.45) is 1.58. The summed E-state index contributed by atoms with van der Waals surface area (Å²) in [4.78, 5) is 15.5. The number of carbonyl (C=O) groups is 1. The van der Waals surface area contributed by atoms with Crippen LogP contribution in [0.1, 0.15) is 10.5 Å². The summed E-state index contributed by atoms with van der Waals surface area (Å²) in [6.45, 7) is 0. The molecule has 5 nitrogen and oxygen atoms in total. The van der Waals surface area contributed by atoms with Crippen LogP contribution in [-0.2, 0) is 0 Å². The van der Waals surface area contributed by atoms with Crippen molar-refractivity contribution in [3.05, 3.63) is 70.2 Å². The third-order valence-electron chi connectivity index (χ3n) is 3.43. The molecule has 0 aliphatic carbocycles. The number of nitrogens with one attached hydrogen (secondary N) is 2. The molecule has 2 aromatic carbocycles. The zero-order chi connectivity index (χ0) is 17.1. The number of H-pyrrole nitrogens is 1. The molecule has 0 spiro atoms. The SMILES string of the molecule is COc1ccc(NC(=O)c2c[nH]c(=S)n2-c2ccccc2)cc1Cl. The van der Waals surface area contributed by atoms with Crippen molar-refractivity contribution in [2.45, 2.75) is 0 Å². The number of amides is 1. The lowest BCUT2D eigenvalue weighted by Crippen LogP contribution is -2.16. The summed E-state index contributed by atoms with van der Waals surface area (Å²) in [6, 6.07) is 14.5. The van der Waals surface area contributed by atoms with Crippen LogP contribution in [0.25, 0.3) is 5.69 Å². The molecule has 0 radical (unpaired) electrons. The van der Waals surface area contributed by atoms with Gasteiger partial charge in [0.2, 0.25) is 0 Å². The average molecular weight is 360 g/mol. The van der Waals surface area contributed by atoms with Crippen molar-refractivity contribution in [2.75, 3.05) is 12.4 Å². The molecule has 3 rings (SSSR count). The molecule has 7 heteroatoms. The Balaban J connectivity index is 1.92. The van der Waals surface area contributed by atoms with Gasteiger partial charge >= 0.3 is 0 Å². The lowest BCUT2D eigenvalue weighted by molar-refractivity contribution is 0.102. The normalized spacial score (nSPS) is 10.4. The number of para-hydroxylation sites is 1. The zero-order valence-electron chi connectivity index (χ0n) is 12.7. The lowest BCUT2D eigenvalue weighted by atomic mass is 10.2. The first-order valence-electron chi connectivity index (χ1n) is 7.11. The molecule has 0 saturated carbocycles. The fourth-order valence-electron chi connectivity index (χ4n) is 2.31. The predicted octanol–water partition coefficient (Wildman–Crippen LogP) is 4.45. The second-order valence-corrected chi connectivity index (χ2v) is 5.75. The molecule has 0 aliphatic rings.